The van der Waals surface area contributed by atoms with Crippen molar-refractivity contribution in [3.05, 3.63) is 53.3 Å². The van der Waals surface area contributed by atoms with E-state index in [1.807, 2.05) is 31.3 Å². The van der Waals surface area contributed by atoms with Crippen molar-refractivity contribution in [2.24, 2.45) is 0 Å². The molecule has 0 bridgehead atoms. The number of methoxy groups -OCH3 is 1. The highest BCUT2D eigenvalue weighted by atomic mass is 16.5. The van der Waals surface area contributed by atoms with E-state index in [4.69, 9.17) is 4.74 Å². The van der Waals surface area contributed by atoms with Gasteiger partial charge in [0.2, 0.25) is 0 Å². The van der Waals surface area contributed by atoms with Gasteiger partial charge in [-0.25, -0.2) is 0 Å². The lowest BCUT2D eigenvalue weighted by Gasteiger charge is -2.29. The molecule has 2 atom stereocenters. The molecule has 132 valence electrons. The van der Waals surface area contributed by atoms with Gasteiger partial charge in [-0.2, -0.15) is 0 Å². The van der Waals surface area contributed by atoms with Gasteiger partial charge in [0, 0.05) is 24.5 Å². The first kappa shape index (κ1) is 16.2. The first-order chi connectivity index (χ1) is 12.2. The molecule has 1 amide bonds. The van der Waals surface area contributed by atoms with Crippen LogP contribution >= 0.6 is 0 Å². The molecule has 5 heteroatoms. The zero-order valence-corrected chi connectivity index (χ0v) is 14.8. The van der Waals surface area contributed by atoms with Crippen LogP contribution in [0.2, 0.25) is 0 Å². The van der Waals surface area contributed by atoms with E-state index in [2.05, 4.69) is 27.3 Å². The largest absolute Gasteiger partial charge is 0.497 e. The minimum atomic E-state index is 0.00860. The van der Waals surface area contributed by atoms with Gasteiger partial charge in [0.25, 0.3) is 5.91 Å². The number of aryl methyl sites for hydroxylation is 1. The van der Waals surface area contributed by atoms with Gasteiger partial charge in [-0.1, -0.05) is 12.1 Å². The summed E-state index contributed by atoms with van der Waals surface area (Å²) in [6.07, 6.45) is 5.32. The zero-order chi connectivity index (χ0) is 17.4. The predicted octanol–water partition coefficient (Wildman–Crippen LogP) is 3.04. The summed E-state index contributed by atoms with van der Waals surface area (Å²) >= 11 is 0. The van der Waals surface area contributed by atoms with Crippen molar-refractivity contribution in [2.75, 3.05) is 13.7 Å². The van der Waals surface area contributed by atoms with E-state index in [9.17, 15) is 4.79 Å². The number of carbonyl (C=O) groups excluding carboxylic acids is 1. The average Bonchev–Trinajstić information content (AvgIpc) is 3.25. The molecule has 0 radical (unpaired) electrons. The molecule has 1 saturated carbocycles. The van der Waals surface area contributed by atoms with Crippen LogP contribution in [0.25, 0.3) is 0 Å². The number of amides is 1. The van der Waals surface area contributed by atoms with E-state index >= 15 is 0 Å². The van der Waals surface area contributed by atoms with Crippen LogP contribution in [-0.2, 0) is 0 Å². The smallest absolute Gasteiger partial charge is 0.253 e. The highest BCUT2D eigenvalue weighted by Crippen LogP contribution is 2.41. The van der Waals surface area contributed by atoms with Crippen molar-refractivity contribution in [3.8, 4) is 5.75 Å². The number of likely N-dealkylation sites (tertiary alicyclic amines) is 1. The molecule has 1 aliphatic heterocycles. The molecule has 1 aromatic carbocycles. The fourth-order valence-corrected chi connectivity index (χ4v) is 3.98. The number of nitrogens with one attached hydrogen (secondary N) is 2. The third-order valence-electron chi connectivity index (χ3n) is 5.40. The molecule has 2 aromatic rings. The van der Waals surface area contributed by atoms with Crippen molar-refractivity contribution in [1.29, 1.82) is 0 Å². The van der Waals surface area contributed by atoms with E-state index in [1.54, 1.807) is 7.11 Å². The first-order valence-electron chi connectivity index (χ1n) is 9.02. The Morgan fingerprint density at radius 3 is 2.80 bits per heavy atom. The second-order valence-electron chi connectivity index (χ2n) is 7.08. The van der Waals surface area contributed by atoms with Gasteiger partial charge in [0.1, 0.15) is 5.75 Å². The lowest BCUT2D eigenvalue weighted by molar-refractivity contribution is 0.0923. The fourth-order valence-electron chi connectivity index (χ4n) is 3.98. The van der Waals surface area contributed by atoms with Gasteiger partial charge in [-0.05, 0) is 49.9 Å². The average molecular weight is 339 g/mol. The Morgan fingerprint density at radius 2 is 2.12 bits per heavy atom. The number of hydrogen-bond acceptors (Lipinski definition) is 3. The maximum atomic E-state index is 12.7. The highest BCUT2D eigenvalue weighted by Gasteiger charge is 2.43. The van der Waals surface area contributed by atoms with Crippen LogP contribution in [0.4, 0.5) is 0 Å². The molecule has 5 nitrogen and oxygen atoms in total. The maximum Gasteiger partial charge on any atom is 0.253 e. The second kappa shape index (κ2) is 6.56. The molecule has 1 aliphatic carbocycles. The predicted molar refractivity (Wildman–Crippen MR) is 96.9 cm³/mol. The number of hydrogen-bond donors (Lipinski definition) is 2. The van der Waals surface area contributed by atoms with Crippen molar-refractivity contribution < 1.29 is 9.53 Å². The highest BCUT2D eigenvalue weighted by molar-refractivity contribution is 5.95. The molecule has 25 heavy (non-hydrogen) atoms. The Balaban J connectivity index is 1.59. The lowest BCUT2D eigenvalue weighted by atomic mass is 9.99. The van der Waals surface area contributed by atoms with Crippen LogP contribution in [0.3, 0.4) is 0 Å². The number of H-pyrrole nitrogens is 1. The first-order valence-corrected chi connectivity index (χ1v) is 9.02. The van der Waals surface area contributed by atoms with E-state index in [1.165, 1.54) is 18.4 Å². The number of ether oxygens (including phenoxy) is 1. The molecular weight excluding hydrogens is 314 g/mol. The summed E-state index contributed by atoms with van der Waals surface area (Å²) in [5.74, 6) is 0.876. The van der Waals surface area contributed by atoms with Crippen LogP contribution in [0.15, 0.2) is 36.5 Å². The number of aromatic amines is 1. The molecule has 2 unspecified atom stereocenters. The molecule has 2 fully saturated rings. The van der Waals surface area contributed by atoms with E-state index in [-0.39, 0.29) is 18.0 Å². The number of nitrogens with zero attached hydrogens (tertiary/aromatic N) is 1. The Hall–Kier alpha value is -2.27. The summed E-state index contributed by atoms with van der Waals surface area (Å²) in [7, 11) is 1.69. The van der Waals surface area contributed by atoms with Gasteiger partial charge in [0.15, 0.2) is 0 Å². The maximum absolute atomic E-state index is 12.7. The lowest BCUT2D eigenvalue weighted by Crippen LogP contribution is -2.40. The minimum absolute atomic E-state index is 0.00860. The number of carbonyl (C=O) groups is 1. The summed E-state index contributed by atoms with van der Waals surface area (Å²) in [6, 6.07) is 11.1. The van der Waals surface area contributed by atoms with Crippen molar-refractivity contribution in [2.45, 2.75) is 44.3 Å². The molecule has 4 rings (SSSR count). The minimum Gasteiger partial charge on any atom is -0.497 e. The molecule has 1 saturated heterocycles. The second-order valence-corrected chi connectivity index (χ2v) is 7.08. The Bertz CT molecular complexity index is 766. The standard InChI is InChI=1S/C20H25N3O2/c1-13-17(8-10-21-13)20(24)22-18-9-11-23(15-6-7-15)19(18)14-4-3-5-16(12-14)25-2/h3-5,8,10,12,15,18-19,21H,6-7,9,11H2,1-2H3,(H,22,24). The van der Waals surface area contributed by atoms with Crippen molar-refractivity contribution >= 4 is 5.91 Å². The molecule has 2 N–H and O–H groups in total. The van der Waals surface area contributed by atoms with Crippen LogP contribution in [0.1, 0.15) is 46.9 Å². The molecule has 1 aromatic heterocycles. The normalized spacial score (nSPS) is 23.6. The van der Waals surface area contributed by atoms with E-state index < -0.39 is 0 Å². The fraction of sp³-hybridized carbons (Fsp3) is 0.450. The number of rotatable bonds is 5. The van der Waals surface area contributed by atoms with Crippen LogP contribution < -0.4 is 10.1 Å². The zero-order valence-electron chi connectivity index (χ0n) is 14.8. The van der Waals surface area contributed by atoms with Crippen LogP contribution in [0, 0.1) is 6.92 Å². The molecule has 2 heterocycles. The van der Waals surface area contributed by atoms with Crippen LogP contribution in [0.5, 0.6) is 5.75 Å². The summed E-state index contributed by atoms with van der Waals surface area (Å²) in [6.45, 7) is 2.96. The molecular formula is C20H25N3O2. The van der Waals surface area contributed by atoms with Gasteiger partial charge in [-0.3, -0.25) is 9.69 Å². The quantitative estimate of drug-likeness (QED) is 0.880. The van der Waals surface area contributed by atoms with Gasteiger partial charge >= 0.3 is 0 Å². The van der Waals surface area contributed by atoms with Gasteiger partial charge in [-0.15, -0.1) is 0 Å². The Labute approximate surface area is 148 Å². The van der Waals surface area contributed by atoms with Crippen LogP contribution in [-0.4, -0.2) is 41.5 Å². The van der Waals surface area contributed by atoms with Crippen molar-refractivity contribution in [1.82, 2.24) is 15.2 Å². The summed E-state index contributed by atoms with van der Waals surface area (Å²) < 4.78 is 5.41. The third kappa shape index (κ3) is 3.16. The van der Waals surface area contributed by atoms with Crippen molar-refractivity contribution in [3.63, 3.8) is 0 Å². The summed E-state index contributed by atoms with van der Waals surface area (Å²) in [4.78, 5) is 18.3. The van der Waals surface area contributed by atoms with Gasteiger partial charge in [0.05, 0.1) is 24.8 Å². The van der Waals surface area contributed by atoms with Gasteiger partial charge < -0.3 is 15.0 Å². The molecule has 0 spiro atoms. The monoisotopic (exact) mass is 339 g/mol. The topological polar surface area (TPSA) is 57.4 Å². The van der Waals surface area contributed by atoms with E-state index in [0.29, 0.717) is 6.04 Å². The summed E-state index contributed by atoms with van der Waals surface area (Å²) in [5.41, 5.74) is 2.86. The number of aromatic nitrogens is 1. The number of benzene rings is 1. The Kier molecular flexibility index (Phi) is 4.25. The SMILES string of the molecule is COc1cccc(C2C(NC(=O)c3cc[nH]c3C)CCN2C2CC2)c1. The molecule has 2 aliphatic rings. The Morgan fingerprint density at radius 1 is 1.28 bits per heavy atom. The summed E-state index contributed by atoms with van der Waals surface area (Å²) in [5, 5.41) is 3.28. The van der Waals surface area contributed by atoms with E-state index in [0.717, 1.165) is 30.0 Å². The third-order valence-corrected chi connectivity index (χ3v) is 5.40.